The fourth-order valence-corrected chi connectivity index (χ4v) is 2.23. The van der Waals surface area contributed by atoms with E-state index in [-0.39, 0.29) is 0 Å². The van der Waals surface area contributed by atoms with E-state index in [1.165, 1.54) is 12.8 Å². The van der Waals surface area contributed by atoms with Gasteiger partial charge in [-0.05, 0) is 31.0 Å². The number of hydrogen-bond donors (Lipinski definition) is 1. The zero-order valence-electron chi connectivity index (χ0n) is 10.9. The molecule has 1 aromatic heterocycles. The Labute approximate surface area is 103 Å². The number of hydrogen-bond acceptors (Lipinski definition) is 5. The van der Waals surface area contributed by atoms with Gasteiger partial charge in [-0.1, -0.05) is 13.8 Å². The van der Waals surface area contributed by atoms with E-state index in [2.05, 4.69) is 34.2 Å². The summed E-state index contributed by atoms with van der Waals surface area (Å²) in [7, 11) is 1.97. The molecule has 1 unspecified atom stereocenters. The standard InChI is InChI=1S/C12H22N4O/c1-9(2)10(13-3)8-11-14-12(15-17-11)16-6-4-5-7-16/h9-10,13H,4-8H2,1-3H3. The van der Waals surface area contributed by atoms with Crippen molar-refractivity contribution >= 4 is 5.95 Å². The van der Waals surface area contributed by atoms with Crippen molar-refractivity contribution in [2.24, 2.45) is 5.92 Å². The molecular formula is C12H22N4O. The van der Waals surface area contributed by atoms with E-state index in [0.29, 0.717) is 12.0 Å². The quantitative estimate of drug-likeness (QED) is 0.841. The van der Waals surface area contributed by atoms with Crippen molar-refractivity contribution in [1.82, 2.24) is 15.5 Å². The number of anilines is 1. The number of nitrogens with zero attached hydrogens (tertiary/aromatic N) is 3. The summed E-state index contributed by atoms with van der Waals surface area (Å²) in [5.41, 5.74) is 0. The van der Waals surface area contributed by atoms with E-state index >= 15 is 0 Å². The summed E-state index contributed by atoms with van der Waals surface area (Å²) in [4.78, 5) is 6.66. The van der Waals surface area contributed by atoms with Gasteiger partial charge in [0, 0.05) is 25.6 Å². The van der Waals surface area contributed by atoms with E-state index in [0.717, 1.165) is 31.3 Å². The van der Waals surface area contributed by atoms with Crippen LogP contribution < -0.4 is 10.2 Å². The maximum atomic E-state index is 5.32. The van der Waals surface area contributed by atoms with Gasteiger partial charge in [0.05, 0.1) is 0 Å². The monoisotopic (exact) mass is 238 g/mol. The second-order valence-electron chi connectivity index (χ2n) is 5.03. The van der Waals surface area contributed by atoms with Crippen LogP contribution >= 0.6 is 0 Å². The minimum absolute atomic E-state index is 0.391. The van der Waals surface area contributed by atoms with Crippen LogP contribution in [0.25, 0.3) is 0 Å². The highest BCUT2D eigenvalue weighted by molar-refractivity contribution is 5.28. The molecule has 1 aliphatic heterocycles. The first-order chi connectivity index (χ1) is 8.20. The van der Waals surface area contributed by atoms with Gasteiger partial charge >= 0.3 is 0 Å². The Kier molecular flexibility index (Phi) is 3.99. The minimum atomic E-state index is 0.391. The summed E-state index contributed by atoms with van der Waals surface area (Å²) in [6.45, 7) is 6.50. The van der Waals surface area contributed by atoms with E-state index < -0.39 is 0 Å². The lowest BCUT2D eigenvalue weighted by Gasteiger charge is -2.17. The predicted octanol–water partition coefficient (Wildman–Crippen LogP) is 1.46. The van der Waals surface area contributed by atoms with Crippen LogP contribution in [0, 0.1) is 5.92 Å². The maximum absolute atomic E-state index is 5.32. The molecule has 17 heavy (non-hydrogen) atoms. The molecule has 1 aromatic rings. The van der Waals surface area contributed by atoms with Crippen molar-refractivity contribution in [3.05, 3.63) is 5.89 Å². The average molecular weight is 238 g/mol. The first-order valence-corrected chi connectivity index (χ1v) is 6.45. The second kappa shape index (κ2) is 5.49. The fraction of sp³-hybridized carbons (Fsp3) is 0.833. The van der Waals surface area contributed by atoms with Crippen LogP contribution in [0.15, 0.2) is 4.52 Å². The summed E-state index contributed by atoms with van der Waals surface area (Å²) >= 11 is 0. The number of rotatable bonds is 5. The highest BCUT2D eigenvalue weighted by atomic mass is 16.5. The Morgan fingerprint density at radius 3 is 2.65 bits per heavy atom. The van der Waals surface area contributed by atoms with Gasteiger partial charge in [-0.15, -0.1) is 0 Å². The third kappa shape index (κ3) is 2.97. The molecule has 5 heteroatoms. The molecule has 0 saturated carbocycles. The third-order valence-electron chi connectivity index (χ3n) is 3.42. The Morgan fingerprint density at radius 2 is 2.06 bits per heavy atom. The first-order valence-electron chi connectivity index (χ1n) is 6.45. The lowest BCUT2D eigenvalue weighted by atomic mass is 10.0. The zero-order valence-corrected chi connectivity index (χ0v) is 10.9. The van der Waals surface area contributed by atoms with Crippen molar-refractivity contribution < 1.29 is 4.52 Å². The van der Waals surface area contributed by atoms with E-state index in [1.807, 2.05) is 7.05 Å². The molecule has 1 atom stereocenters. The second-order valence-corrected chi connectivity index (χ2v) is 5.03. The number of aromatic nitrogens is 2. The lowest BCUT2D eigenvalue weighted by molar-refractivity contribution is 0.335. The SMILES string of the molecule is CNC(Cc1nc(N2CCCC2)no1)C(C)C. The van der Waals surface area contributed by atoms with Gasteiger partial charge in [-0.2, -0.15) is 4.98 Å². The molecule has 1 saturated heterocycles. The third-order valence-corrected chi connectivity index (χ3v) is 3.42. The highest BCUT2D eigenvalue weighted by Gasteiger charge is 2.20. The molecule has 0 radical (unpaired) electrons. The normalized spacial score (nSPS) is 18.0. The number of likely N-dealkylation sites (N-methyl/N-ethyl adjacent to an activating group) is 1. The van der Waals surface area contributed by atoms with Gasteiger partial charge in [0.1, 0.15) is 0 Å². The van der Waals surface area contributed by atoms with Gasteiger partial charge in [0.15, 0.2) is 0 Å². The first kappa shape index (κ1) is 12.4. The van der Waals surface area contributed by atoms with Crippen molar-refractivity contribution in [2.75, 3.05) is 25.0 Å². The summed E-state index contributed by atoms with van der Waals surface area (Å²) in [6.07, 6.45) is 3.26. The van der Waals surface area contributed by atoms with Gasteiger partial charge in [-0.3, -0.25) is 0 Å². The maximum Gasteiger partial charge on any atom is 0.266 e. The summed E-state index contributed by atoms with van der Waals surface area (Å²) in [6, 6.07) is 0.391. The van der Waals surface area contributed by atoms with Crippen molar-refractivity contribution in [3.8, 4) is 0 Å². The molecule has 5 nitrogen and oxygen atoms in total. The molecule has 96 valence electrons. The largest absolute Gasteiger partial charge is 0.338 e. The molecule has 0 spiro atoms. The van der Waals surface area contributed by atoms with Crippen LogP contribution in [-0.2, 0) is 6.42 Å². The Morgan fingerprint density at radius 1 is 1.35 bits per heavy atom. The topological polar surface area (TPSA) is 54.2 Å². The molecule has 0 aliphatic carbocycles. The minimum Gasteiger partial charge on any atom is -0.338 e. The lowest BCUT2D eigenvalue weighted by Crippen LogP contribution is -2.32. The van der Waals surface area contributed by atoms with Gasteiger partial charge in [0.2, 0.25) is 5.89 Å². The van der Waals surface area contributed by atoms with Crippen LogP contribution in [0.1, 0.15) is 32.6 Å². The molecule has 1 aliphatic rings. The Hall–Kier alpha value is -1.10. The molecule has 0 amide bonds. The van der Waals surface area contributed by atoms with Crippen LogP contribution in [0.4, 0.5) is 5.95 Å². The molecule has 2 heterocycles. The van der Waals surface area contributed by atoms with Crippen molar-refractivity contribution in [2.45, 2.75) is 39.2 Å². The van der Waals surface area contributed by atoms with Crippen LogP contribution in [-0.4, -0.2) is 36.3 Å². The van der Waals surface area contributed by atoms with Crippen LogP contribution in [0.3, 0.4) is 0 Å². The molecule has 2 rings (SSSR count). The predicted molar refractivity (Wildman–Crippen MR) is 67.1 cm³/mol. The Bertz CT molecular complexity index is 344. The molecule has 1 fully saturated rings. The zero-order chi connectivity index (χ0) is 12.3. The average Bonchev–Trinajstić information content (AvgIpc) is 2.95. The van der Waals surface area contributed by atoms with Crippen molar-refractivity contribution in [1.29, 1.82) is 0 Å². The van der Waals surface area contributed by atoms with E-state index in [4.69, 9.17) is 4.52 Å². The summed E-state index contributed by atoms with van der Waals surface area (Å²) < 4.78 is 5.32. The van der Waals surface area contributed by atoms with Gasteiger partial charge in [0.25, 0.3) is 5.95 Å². The van der Waals surface area contributed by atoms with E-state index in [9.17, 15) is 0 Å². The Balaban J connectivity index is 1.97. The van der Waals surface area contributed by atoms with Crippen LogP contribution in [0.2, 0.25) is 0 Å². The molecule has 1 N–H and O–H groups in total. The fourth-order valence-electron chi connectivity index (χ4n) is 2.23. The molecule has 0 bridgehead atoms. The van der Waals surface area contributed by atoms with E-state index in [1.54, 1.807) is 0 Å². The molecule has 0 aromatic carbocycles. The summed E-state index contributed by atoms with van der Waals surface area (Å²) in [5.74, 6) is 2.05. The molecular weight excluding hydrogens is 216 g/mol. The highest BCUT2D eigenvalue weighted by Crippen LogP contribution is 2.17. The van der Waals surface area contributed by atoms with Gasteiger partial charge in [-0.25, -0.2) is 0 Å². The number of nitrogens with one attached hydrogen (secondary N) is 1. The smallest absolute Gasteiger partial charge is 0.266 e. The van der Waals surface area contributed by atoms with Gasteiger partial charge < -0.3 is 14.7 Å². The van der Waals surface area contributed by atoms with Crippen LogP contribution in [0.5, 0.6) is 0 Å². The summed E-state index contributed by atoms with van der Waals surface area (Å²) in [5, 5.41) is 7.34. The van der Waals surface area contributed by atoms with Crippen molar-refractivity contribution in [3.63, 3.8) is 0 Å².